The van der Waals surface area contributed by atoms with E-state index in [2.05, 4.69) is 25.1 Å². The fourth-order valence-corrected chi connectivity index (χ4v) is 6.89. The van der Waals surface area contributed by atoms with Crippen molar-refractivity contribution in [1.29, 1.82) is 0 Å². The van der Waals surface area contributed by atoms with Crippen molar-refractivity contribution < 1.29 is 33.5 Å². The minimum atomic E-state index is -1.50. The fourth-order valence-electron chi connectivity index (χ4n) is 4.24. The van der Waals surface area contributed by atoms with Gasteiger partial charge in [0.15, 0.2) is 10.8 Å². The average molecular weight is 592 g/mol. The van der Waals surface area contributed by atoms with E-state index >= 15 is 0 Å². The third-order valence-corrected chi connectivity index (χ3v) is 8.70. The van der Waals surface area contributed by atoms with E-state index in [0.717, 1.165) is 27.0 Å². The number of aliphatic carboxylic acids is 1. The summed E-state index contributed by atoms with van der Waals surface area (Å²) in [7, 11) is 0. The summed E-state index contributed by atoms with van der Waals surface area (Å²) in [6, 6.07) is -1.01. The van der Waals surface area contributed by atoms with Gasteiger partial charge < -0.3 is 31.1 Å². The number of hydrogen-bond acceptors (Lipinski definition) is 13. The summed E-state index contributed by atoms with van der Waals surface area (Å²) in [6.45, 7) is 2.26. The lowest BCUT2D eigenvalue weighted by atomic mass is 10.0. The molecular formula is C21H21N9O6S3. The first-order valence-electron chi connectivity index (χ1n) is 11.5. The molecule has 2 aliphatic rings. The number of rotatable bonds is 11. The van der Waals surface area contributed by atoms with Gasteiger partial charge in [0.05, 0.1) is 18.2 Å². The standard InChI is InChI=1S/C21H21N9O6S3/c1-2-36-26-12(15-25-21(22)39-27-15)16(32)24-13-17(33)30-14(20(34)35)10(7-38-19(13)30)6-29-9-28-3-4-37-18(28)11(29)5-23-8-31/h3-4,8-9,13,19H,2,5-7H2,1H3,(H4-,22,23,24,25,27,31,32,34,35)/b26-12-/t13-,19-/m1/s1. The zero-order chi connectivity index (χ0) is 27.7. The summed E-state index contributed by atoms with van der Waals surface area (Å²) in [5.41, 5.74) is 6.38. The van der Waals surface area contributed by atoms with Crippen LogP contribution in [0.3, 0.4) is 0 Å². The SMILES string of the molecule is CCO/N=C(\C(=O)N[C@@H]1C(=O)N2C(C(=O)[O-])=C(Cn3c[n+]4ccsc4c3CNC=O)CS[C@H]12)c1nsc(N)n1. The van der Waals surface area contributed by atoms with Gasteiger partial charge in [0.25, 0.3) is 11.8 Å². The van der Waals surface area contributed by atoms with E-state index in [1.54, 1.807) is 13.3 Å². The van der Waals surface area contributed by atoms with Crippen LogP contribution in [0.5, 0.6) is 0 Å². The molecule has 3 amide bonds. The van der Waals surface area contributed by atoms with Gasteiger partial charge in [0, 0.05) is 28.2 Å². The first kappa shape index (κ1) is 26.6. The molecular weight excluding hydrogens is 570 g/mol. The predicted octanol–water partition coefficient (Wildman–Crippen LogP) is -2.19. The third kappa shape index (κ3) is 4.92. The van der Waals surface area contributed by atoms with Crippen molar-refractivity contribution in [3.8, 4) is 0 Å². The molecule has 5 rings (SSSR count). The van der Waals surface area contributed by atoms with E-state index < -0.39 is 29.2 Å². The Balaban J connectivity index is 1.37. The van der Waals surface area contributed by atoms with Crippen molar-refractivity contribution in [2.75, 3.05) is 18.1 Å². The molecule has 3 aromatic heterocycles. The lowest BCUT2D eigenvalue weighted by Gasteiger charge is -2.50. The number of nitrogens with one attached hydrogen (secondary N) is 2. The number of nitrogens with zero attached hydrogens (tertiary/aromatic N) is 6. The Labute approximate surface area is 232 Å². The number of β-lactam (4-membered cyclic amide) rings is 1. The number of fused-ring (bicyclic) bond motifs is 2. The molecule has 1 fully saturated rings. The van der Waals surface area contributed by atoms with E-state index in [0.29, 0.717) is 12.0 Å². The molecule has 0 spiro atoms. The molecule has 5 heterocycles. The number of hydrogen-bond donors (Lipinski definition) is 3. The van der Waals surface area contributed by atoms with E-state index in [1.165, 1.54) is 23.1 Å². The maximum Gasteiger partial charge on any atom is 0.278 e. The van der Waals surface area contributed by atoms with Crippen LogP contribution in [0, 0.1) is 0 Å². The normalized spacial score (nSPS) is 19.1. The van der Waals surface area contributed by atoms with Gasteiger partial charge in [0.1, 0.15) is 30.8 Å². The topological polar surface area (TPSA) is 201 Å². The van der Waals surface area contributed by atoms with Crippen LogP contribution < -0.4 is 25.9 Å². The van der Waals surface area contributed by atoms with Gasteiger partial charge in [-0.05, 0) is 6.92 Å². The molecule has 18 heteroatoms. The van der Waals surface area contributed by atoms with Gasteiger partial charge in [-0.3, -0.25) is 19.3 Å². The highest BCUT2D eigenvalue weighted by Gasteiger charge is 2.53. The zero-order valence-corrected chi connectivity index (χ0v) is 22.7. The number of aromatic nitrogens is 4. The van der Waals surface area contributed by atoms with Crippen molar-refractivity contribution in [3.63, 3.8) is 0 Å². The highest BCUT2D eigenvalue weighted by atomic mass is 32.2. The molecule has 1 saturated heterocycles. The van der Waals surface area contributed by atoms with Crippen LogP contribution in [0.25, 0.3) is 4.83 Å². The van der Waals surface area contributed by atoms with E-state index in [9.17, 15) is 24.3 Å². The summed E-state index contributed by atoms with van der Waals surface area (Å²) in [5.74, 6) is -2.65. The largest absolute Gasteiger partial charge is 0.543 e. The Morgan fingerprint density at radius 1 is 1.44 bits per heavy atom. The van der Waals surface area contributed by atoms with E-state index in [4.69, 9.17) is 10.6 Å². The molecule has 39 heavy (non-hydrogen) atoms. The molecule has 15 nitrogen and oxygen atoms in total. The van der Waals surface area contributed by atoms with Crippen LogP contribution in [-0.2, 0) is 37.1 Å². The fraction of sp³-hybridized carbons (Fsp3) is 0.333. The number of imidazole rings is 1. The molecule has 3 aromatic rings. The Hall–Kier alpha value is -4.03. The molecule has 0 aromatic carbocycles. The quantitative estimate of drug-likeness (QED) is 0.0723. The minimum Gasteiger partial charge on any atom is -0.543 e. The van der Waals surface area contributed by atoms with Crippen LogP contribution in [0.1, 0.15) is 18.4 Å². The smallest absolute Gasteiger partial charge is 0.278 e. The number of amides is 3. The van der Waals surface area contributed by atoms with E-state index in [-0.39, 0.29) is 47.8 Å². The second kappa shape index (κ2) is 11.0. The molecule has 204 valence electrons. The number of carboxylic acids is 1. The lowest BCUT2D eigenvalue weighted by Crippen LogP contribution is -2.71. The number of carbonyl (C=O) groups excluding carboxylic acids is 4. The average Bonchev–Trinajstić information content (AvgIpc) is 3.63. The van der Waals surface area contributed by atoms with Gasteiger partial charge in [-0.15, -0.1) is 11.8 Å². The molecule has 0 aliphatic carbocycles. The molecule has 2 aliphatic heterocycles. The lowest BCUT2D eigenvalue weighted by molar-refractivity contribution is -0.508. The number of oxime groups is 1. The molecule has 0 bridgehead atoms. The molecule has 4 N–H and O–H groups in total. The maximum absolute atomic E-state index is 13.1. The molecule has 0 saturated carbocycles. The minimum absolute atomic E-state index is 0.0506. The summed E-state index contributed by atoms with van der Waals surface area (Å²) in [6.07, 6.45) is 4.24. The maximum atomic E-state index is 13.1. The van der Waals surface area contributed by atoms with Gasteiger partial charge >= 0.3 is 0 Å². The number of thiazole rings is 1. The molecule has 0 unspecified atom stereocenters. The second-order valence-electron chi connectivity index (χ2n) is 8.22. The van der Waals surface area contributed by atoms with Gasteiger partial charge in [-0.25, -0.2) is 4.57 Å². The summed E-state index contributed by atoms with van der Waals surface area (Å²) < 4.78 is 7.68. The van der Waals surface area contributed by atoms with Gasteiger partial charge in [-0.2, -0.15) is 13.8 Å². The first-order valence-corrected chi connectivity index (χ1v) is 14.2. The molecule has 0 radical (unpaired) electrons. The van der Waals surface area contributed by atoms with Gasteiger partial charge in [-0.1, -0.05) is 16.5 Å². The summed E-state index contributed by atoms with van der Waals surface area (Å²) in [4.78, 5) is 60.2. The Bertz CT molecular complexity index is 1530. The highest BCUT2D eigenvalue weighted by Crippen LogP contribution is 2.40. The summed E-state index contributed by atoms with van der Waals surface area (Å²) >= 11 is 3.66. The van der Waals surface area contributed by atoms with Crippen LogP contribution >= 0.6 is 34.6 Å². The second-order valence-corrected chi connectivity index (χ2v) is 11.0. The Kier molecular flexibility index (Phi) is 7.49. The molecule has 2 atom stereocenters. The number of carboxylic acid groups (broad SMARTS) is 1. The first-order chi connectivity index (χ1) is 18.8. The van der Waals surface area contributed by atoms with Crippen LogP contribution in [0.15, 0.2) is 34.3 Å². The van der Waals surface area contributed by atoms with Crippen LogP contribution in [0.4, 0.5) is 5.13 Å². The number of anilines is 1. The predicted molar refractivity (Wildman–Crippen MR) is 138 cm³/mol. The van der Waals surface area contributed by atoms with Crippen molar-refractivity contribution in [2.45, 2.75) is 31.4 Å². The number of nitrogens with two attached hydrogens (primary N) is 1. The Morgan fingerprint density at radius 2 is 2.26 bits per heavy atom. The van der Waals surface area contributed by atoms with Crippen LogP contribution in [-0.4, -0.2) is 72.5 Å². The highest BCUT2D eigenvalue weighted by molar-refractivity contribution is 8.00. The number of carbonyl (C=O) groups is 4. The van der Waals surface area contributed by atoms with Crippen molar-refractivity contribution in [2.24, 2.45) is 5.16 Å². The van der Waals surface area contributed by atoms with Crippen molar-refractivity contribution in [3.05, 3.63) is 40.7 Å². The zero-order valence-electron chi connectivity index (χ0n) is 20.2. The Morgan fingerprint density at radius 3 is 2.95 bits per heavy atom. The number of thioether (sulfide) groups is 1. The van der Waals surface area contributed by atoms with E-state index in [1.807, 2.05) is 20.5 Å². The van der Waals surface area contributed by atoms with Crippen molar-refractivity contribution >= 4 is 74.5 Å². The van der Waals surface area contributed by atoms with Crippen molar-refractivity contribution in [1.82, 2.24) is 29.5 Å². The van der Waals surface area contributed by atoms with Gasteiger partial charge in [0.2, 0.25) is 29.1 Å². The van der Waals surface area contributed by atoms with Crippen LogP contribution in [0.2, 0.25) is 0 Å². The number of nitrogen functional groups attached to an aromatic ring is 1. The third-order valence-electron chi connectivity index (χ3n) is 5.89. The summed E-state index contributed by atoms with van der Waals surface area (Å²) in [5, 5.41) is 22.6. The monoisotopic (exact) mass is 591 g/mol.